The van der Waals surface area contributed by atoms with Gasteiger partial charge in [-0.25, -0.2) is 0 Å². The summed E-state index contributed by atoms with van der Waals surface area (Å²) >= 11 is 0. The summed E-state index contributed by atoms with van der Waals surface area (Å²) in [4.78, 5) is 7.53. The van der Waals surface area contributed by atoms with E-state index in [-0.39, 0.29) is 0 Å². The Morgan fingerprint density at radius 3 is 2.75 bits per heavy atom. The third-order valence-corrected chi connectivity index (χ3v) is 1.76. The Hall–Kier alpha value is -1.05. The zero-order valence-corrected chi connectivity index (χ0v) is 8.02. The second kappa shape index (κ2) is 4.10. The van der Waals surface area contributed by atoms with Crippen molar-refractivity contribution in [2.75, 3.05) is 6.54 Å². The van der Waals surface area contributed by atoms with Crippen LogP contribution in [-0.4, -0.2) is 17.7 Å². The Bertz CT molecular complexity index is 271. The maximum atomic E-state index is 4.28. The van der Waals surface area contributed by atoms with Crippen molar-refractivity contribution in [2.24, 2.45) is 4.99 Å². The summed E-state index contributed by atoms with van der Waals surface area (Å²) in [5.74, 6) is 0. The molecule has 0 atom stereocenters. The molecule has 0 fully saturated rings. The third-order valence-electron chi connectivity index (χ3n) is 1.76. The smallest absolute Gasteiger partial charge is 0.0593 e. The zero-order valence-electron chi connectivity index (χ0n) is 8.02. The van der Waals surface area contributed by atoms with Gasteiger partial charge in [0.05, 0.1) is 5.69 Å². The van der Waals surface area contributed by atoms with Crippen molar-refractivity contribution in [3.05, 3.63) is 23.0 Å². The quantitative estimate of drug-likeness (QED) is 0.665. The Morgan fingerprint density at radius 1 is 1.50 bits per heavy atom. The zero-order chi connectivity index (χ0) is 8.97. The molecule has 1 rings (SSSR count). The molecule has 66 valence electrons. The van der Waals surface area contributed by atoms with Gasteiger partial charge in [-0.15, -0.1) is 0 Å². The molecule has 0 radical (unpaired) electrons. The van der Waals surface area contributed by atoms with Crippen molar-refractivity contribution < 1.29 is 0 Å². The van der Waals surface area contributed by atoms with Crippen LogP contribution in [0.25, 0.3) is 0 Å². The fraction of sp³-hybridized carbons (Fsp3) is 0.500. The second-order valence-corrected chi connectivity index (χ2v) is 3.08. The number of aliphatic imine (C=N–C) groups is 1. The van der Waals surface area contributed by atoms with Crippen LogP contribution in [0.4, 0.5) is 0 Å². The summed E-state index contributed by atoms with van der Waals surface area (Å²) < 4.78 is 0. The average Bonchev–Trinajstić information content (AvgIpc) is 2.31. The molecule has 1 aromatic heterocycles. The molecule has 0 aliphatic rings. The van der Waals surface area contributed by atoms with E-state index in [4.69, 9.17) is 0 Å². The highest BCUT2D eigenvalue weighted by Crippen LogP contribution is 2.05. The summed E-state index contributed by atoms with van der Waals surface area (Å²) in [5, 5.41) is 0. The highest BCUT2D eigenvalue weighted by atomic mass is 14.8. The summed E-state index contributed by atoms with van der Waals surface area (Å²) in [6, 6.07) is 2.13. The van der Waals surface area contributed by atoms with Gasteiger partial charge in [0.2, 0.25) is 0 Å². The highest BCUT2D eigenvalue weighted by molar-refractivity contribution is 5.79. The lowest BCUT2D eigenvalue weighted by atomic mass is 10.3. The molecule has 0 bridgehead atoms. The molecule has 1 heterocycles. The predicted molar refractivity (Wildman–Crippen MR) is 53.0 cm³/mol. The molecular weight excluding hydrogens is 148 g/mol. The molecule has 0 spiro atoms. The molecule has 0 unspecified atom stereocenters. The van der Waals surface area contributed by atoms with Gasteiger partial charge in [-0.1, -0.05) is 6.92 Å². The molecule has 12 heavy (non-hydrogen) atoms. The minimum Gasteiger partial charge on any atom is -0.358 e. The largest absolute Gasteiger partial charge is 0.358 e. The summed E-state index contributed by atoms with van der Waals surface area (Å²) in [6.45, 7) is 7.20. The Kier molecular flexibility index (Phi) is 3.09. The second-order valence-electron chi connectivity index (χ2n) is 3.08. The van der Waals surface area contributed by atoms with Gasteiger partial charge in [0.25, 0.3) is 0 Å². The van der Waals surface area contributed by atoms with Gasteiger partial charge in [0.15, 0.2) is 0 Å². The summed E-state index contributed by atoms with van der Waals surface area (Å²) in [5.41, 5.74) is 3.61. The maximum absolute atomic E-state index is 4.28. The van der Waals surface area contributed by atoms with Crippen molar-refractivity contribution in [1.29, 1.82) is 0 Å². The van der Waals surface area contributed by atoms with E-state index < -0.39 is 0 Å². The normalized spacial score (nSPS) is 11.2. The first kappa shape index (κ1) is 9.04. The number of hydrogen-bond donors (Lipinski definition) is 1. The molecule has 0 aliphatic heterocycles. The number of H-pyrrole nitrogens is 1. The number of aromatic nitrogens is 1. The number of rotatable bonds is 3. The van der Waals surface area contributed by atoms with Crippen LogP contribution in [-0.2, 0) is 0 Å². The van der Waals surface area contributed by atoms with E-state index in [1.165, 1.54) is 11.3 Å². The lowest BCUT2D eigenvalue weighted by Gasteiger charge is -1.89. The maximum Gasteiger partial charge on any atom is 0.0593 e. The Labute approximate surface area is 73.7 Å². The van der Waals surface area contributed by atoms with Crippen molar-refractivity contribution in [2.45, 2.75) is 27.2 Å². The van der Waals surface area contributed by atoms with E-state index >= 15 is 0 Å². The minimum absolute atomic E-state index is 0.914. The Balaban J connectivity index is 2.68. The monoisotopic (exact) mass is 164 g/mol. The Morgan fingerprint density at radius 2 is 2.25 bits per heavy atom. The number of hydrogen-bond acceptors (Lipinski definition) is 1. The first-order chi connectivity index (χ1) is 5.74. The molecule has 2 heteroatoms. The standard InChI is InChI=1S/C10H16N2/c1-4-5-11-7-10-8(2)6-9(3)12-10/h6-7,12H,4-5H2,1-3H3. The fourth-order valence-electron chi connectivity index (χ4n) is 1.17. The fourth-order valence-corrected chi connectivity index (χ4v) is 1.17. The summed E-state index contributed by atoms with van der Waals surface area (Å²) in [7, 11) is 0. The van der Waals surface area contributed by atoms with Crippen LogP contribution < -0.4 is 0 Å². The highest BCUT2D eigenvalue weighted by Gasteiger charge is 1.96. The van der Waals surface area contributed by atoms with E-state index in [1.807, 2.05) is 6.21 Å². The van der Waals surface area contributed by atoms with Gasteiger partial charge in [-0.05, 0) is 31.9 Å². The average molecular weight is 164 g/mol. The van der Waals surface area contributed by atoms with Crippen molar-refractivity contribution >= 4 is 6.21 Å². The number of aromatic amines is 1. The number of nitrogens with one attached hydrogen (secondary N) is 1. The minimum atomic E-state index is 0.914. The van der Waals surface area contributed by atoms with Crippen molar-refractivity contribution in [1.82, 2.24) is 4.98 Å². The lowest BCUT2D eigenvalue weighted by molar-refractivity contribution is 0.936. The molecule has 1 N–H and O–H groups in total. The van der Waals surface area contributed by atoms with E-state index in [0.29, 0.717) is 0 Å². The number of nitrogens with zero attached hydrogens (tertiary/aromatic N) is 1. The molecule has 2 nitrogen and oxygen atoms in total. The van der Waals surface area contributed by atoms with Gasteiger partial charge >= 0.3 is 0 Å². The van der Waals surface area contributed by atoms with Crippen LogP contribution in [0, 0.1) is 13.8 Å². The first-order valence-electron chi connectivity index (χ1n) is 4.40. The van der Waals surface area contributed by atoms with Gasteiger partial charge in [-0.3, -0.25) is 4.99 Å². The van der Waals surface area contributed by atoms with Crippen LogP contribution in [0.1, 0.15) is 30.3 Å². The van der Waals surface area contributed by atoms with Crippen molar-refractivity contribution in [3.8, 4) is 0 Å². The van der Waals surface area contributed by atoms with Crippen LogP contribution in [0.3, 0.4) is 0 Å². The summed E-state index contributed by atoms with van der Waals surface area (Å²) in [6.07, 6.45) is 3.03. The van der Waals surface area contributed by atoms with Crippen LogP contribution >= 0.6 is 0 Å². The topological polar surface area (TPSA) is 28.1 Å². The molecular formula is C10H16N2. The van der Waals surface area contributed by atoms with Gasteiger partial charge in [0.1, 0.15) is 0 Å². The van der Waals surface area contributed by atoms with Gasteiger partial charge in [-0.2, -0.15) is 0 Å². The molecule has 0 saturated carbocycles. The SMILES string of the molecule is CCCN=Cc1[nH]c(C)cc1C. The predicted octanol–water partition coefficient (Wildman–Crippen LogP) is 2.46. The first-order valence-corrected chi connectivity index (χ1v) is 4.40. The lowest BCUT2D eigenvalue weighted by Crippen LogP contribution is -1.86. The molecule has 0 amide bonds. The van der Waals surface area contributed by atoms with Crippen molar-refractivity contribution in [3.63, 3.8) is 0 Å². The van der Waals surface area contributed by atoms with E-state index in [9.17, 15) is 0 Å². The third kappa shape index (κ3) is 2.22. The van der Waals surface area contributed by atoms with E-state index in [0.717, 1.165) is 18.7 Å². The number of aryl methyl sites for hydroxylation is 2. The van der Waals surface area contributed by atoms with Gasteiger partial charge < -0.3 is 4.98 Å². The van der Waals surface area contributed by atoms with Crippen LogP contribution in [0.15, 0.2) is 11.1 Å². The van der Waals surface area contributed by atoms with Crippen LogP contribution in [0.2, 0.25) is 0 Å². The molecule has 0 aliphatic carbocycles. The molecule has 1 aromatic rings. The van der Waals surface area contributed by atoms with E-state index in [2.05, 4.69) is 36.8 Å². The van der Waals surface area contributed by atoms with E-state index in [1.54, 1.807) is 0 Å². The molecule has 0 aromatic carbocycles. The van der Waals surface area contributed by atoms with Gasteiger partial charge in [0, 0.05) is 18.5 Å². The van der Waals surface area contributed by atoms with Crippen LogP contribution in [0.5, 0.6) is 0 Å². The molecule has 0 saturated heterocycles.